The van der Waals surface area contributed by atoms with Gasteiger partial charge < -0.3 is 4.57 Å². The van der Waals surface area contributed by atoms with Crippen LogP contribution in [0.25, 0.3) is 10.9 Å². The lowest BCUT2D eigenvalue weighted by Gasteiger charge is -2.08. The third-order valence-corrected chi connectivity index (χ3v) is 5.52. The lowest BCUT2D eigenvalue weighted by molar-refractivity contribution is 0.586. The summed E-state index contributed by atoms with van der Waals surface area (Å²) >= 11 is 3.42. The van der Waals surface area contributed by atoms with Crippen molar-refractivity contribution in [2.24, 2.45) is 0 Å². The van der Waals surface area contributed by atoms with Crippen LogP contribution in [0.15, 0.2) is 64.1 Å². The van der Waals surface area contributed by atoms with Crippen molar-refractivity contribution < 1.29 is 8.42 Å². The second-order valence-electron chi connectivity index (χ2n) is 5.05. The van der Waals surface area contributed by atoms with Crippen LogP contribution in [-0.2, 0) is 15.7 Å². The highest BCUT2D eigenvalue weighted by Crippen LogP contribution is 2.23. The Balaban J connectivity index is 1.99. The van der Waals surface area contributed by atoms with Crippen LogP contribution in [-0.4, -0.2) is 13.0 Å². The van der Waals surface area contributed by atoms with Crippen molar-refractivity contribution in [3.05, 3.63) is 64.8 Å². The molecule has 0 saturated carbocycles. The molecular weight excluding hydrogens is 350 g/mol. The number of rotatable bonds is 3. The Morgan fingerprint density at radius 1 is 1.05 bits per heavy atom. The molecule has 0 atom stereocenters. The highest BCUT2D eigenvalue weighted by Gasteiger charge is 2.16. The molecule has 0 aliphatic heterocycles. The van der Waals surface area contributed by atoms with Gasteiger partial charge in [0.15, 0.2) is 9.84 Å². The summed E-state index contributed by atoms with van der Waals surface area (Å²) in [5.74, 6) is -0.0544. The molecule has 5 heteroatoms. The fraction of sp³-hybridized carbons (Fsp3) is 0.125. The molecule has 0 N–H and O–H groups in total. The molecule has 21 heavy (non-hydrogen) atoms. The lowest BCUT2D eigenvalue weighted by Crippen LogP contribution is -2.10. The van der Waals surface area contributed by atoms with Gasteiger partial charge in [-0.3, -0.25) is 0 Å². The van der Waals surface area contributed by atoms with Crippen molar-refractivity contribution in [2.75, 3.05) is 0 Å². The second-order valence-corrected chi connectivity index (χ2v) is 7.92. The quantitative estimate of drug-likeness (QED) is 0.701. The van der Waals surface area contributed by atoms with Crippen molar-refractivity contribution in [1.82, 2.24) is 4.57 Å². The first-order valence-corrected chi connectivity index (χ1v) is 8.94. The third kappa shape index (κ3) is 2.89. The highest BCUT2D eigenvalue weighted by molar-refractivity contribution is 9.10. The normalized spacial score (nSPS) is 11.9. The number of benzene rings is 2. The summed E-state index contributed by atoms with van der Waals surface area (Å²) in [6.45, 7) is 1.94. The Labute approximate surface area is 132 Å². The van der Waals surface area contributed by atoms with Gasteiger partial charge in [0.25, 0.3) is 0 Å². The van der Waals surface area contributed by atoms with Crippen molar-refractivity contribution in [3.63, 3.8) is 0 Å². The highest BCUT2D eigenvalue weighted by atomic mass is 79.9. The molecular formula is C16H14BrNO2S. The van der Waals surface area contributed by atoms with Gasteiger partial charge in [0.1, 0.15) is 5.88 Å². The zero-order valence-corrected chi connectivity index (χ0v) is 13.9. The number of sulfone groups is 1. The minimum Gasteiger partial charge on any atom is -0.332 e. The van der Waals surface area contributed by atoms with E-state index in [1.807, 2.05) is 49.5 Å². The summed E-state index contributed by atoms with van der Waals surface area (Å²) in [5.41, 5.74) is 1.96. The maximum absolute atomic E-state index is 12.5. The Hall–Kier alpha value is -1.59. The first-order valence-electron chi connectivity index (χ1n) is 6.49. The molecule has 0 saturated heterocycles. The topological polar surface area (TPSA) is 39.1 Å². The zero-order chi connectivity index (χ0) is 15.0. The number of aryl methyl sites for hydroxylation is 1. The summed E-state index contributed by atoms with van der Waals surface area (Å²) in [7, 11) is -3.35. The average molecular weight is 364 g/mol. The summed E-state index contributed by atoms with van der Waals surface area (Å²) in [5, 5.41) is 1.02. The number of halogens is 1. The van der Waals surface area contributed by atoms with Gasteiger partial charge in [0, 0.05) is 21.6 Å². The number of hydrogen-bond acceptors (Lipinski definition) is 2. The Morgan fingerprint density at radius 2 is 1.76 bits per heavy atom. The van der Waals surface area contributed by atoms with E-state index in [9.17, 15) is 8.42 Å². The van der Waals surface area contributed by atoms with Gasteiger partial charge in [-0.2, -0.15) is 0 Å². The van der Waals surface area contributed by atoms with Gasteiger partial charge >= 0.3 is 0 Å². The van der Waals surface area contributed by atoms with Crippen LogP contribution in [0, 0.1) is 6.92 Å². The Morgan fingerprint density at radius 3 is 2.48 bits per heavy atom. The van der Waals surface area contributed by atoms with Crippen molar-refractivity contribution in [2.45, 2.75) is 17.7 Å². The van der Waals surface area contributed by atoms with E-state index in [0.717, 1.165) is 20.9 Å². The number of hydrogen-bond donors (Lipinski definition) is 0. The van der Waals surface area contributed by atoms with Gasteiger partial charge in [-0.15, -0.1) is 0 Å². The van der Waals surface area contributed by atoms with E-state index in [2.05, 4.69) is 15.9 Å². The monoisotopic (exact) mass is 363 g/mol. The minimum atomic E-state index is -3.35. The summed E-state index contributed by atoms with van der Waals surface area (Å²) in [4.78, 5) is 0.354. The molecule has 3 rings (SSSR count). The molecule has 1 heterocycles. The van der Waals surface area contributed by atoms with Crippen LogP contribution in [0.1, 0.15) is 5.56 Å². The number of aromatic nitrogens is 1. The molecule has 0 fully saturated rings. The van der Waals surface area contributed by atoms with E-state index >= 15 is 0 Å². The first-order chi connectivity index (χ1) is 9.95. The summed E-state index contributed by atoms with van der Waals surface area (Å²) < 4.78 is 27.7. The molecule has 108 valence electrons. The average Bonchev–Trinajstić information content (AvgIpc) is 2.81. The van der Waals surface area contributed by atoms with Crippen molar-refractivity contribution >= 4 is 36.7 Å². The van der Waals surface area contributed by atoms with Gasteiger partial charge in [-0.05, 0) is 43.3 Å². The molecule has 3 aromatic rings. The molecule has 0 aliphatic rings. The van der Waals surface area contributed by atoms with Gasteiger partial charge in [0.2, 0.25) is 0 Å². The largest absolute Gasteiger partial charge is 0.332 e. The Kier molecular flexibility index (Phi) is 3.63. The van der Waals surface area contributed by atoms with Crippen molar-refractivity contribution in [3.8, 4) is 0 Å². The molecule has 1 aromatic heterocycles. The van der Waals surface area contributed by atoms with E-state index in [4.69, 9.17) is 0 Å². The molecule has 2 aromatic carbocycles. The fourth-order valence-electron chi connectivity index (χ4n) is 2.29. The number of nitrogens with zero attached hydrogens (tertiary/aromatic N) is 1. The third-order valence-electron chi connectivity index (χ3n) is 3.42. The van der Waals surface area contributed by atoms with Gasteiger partial charge in [-0.25, -0.2) is 8.42 Å². The lowest BCUT2D eigenvalue weighted by atomic mass is 10.2. The van der Waals surface area contributed by atoms with Crippen LogP contribution in [0.5, 0.6) is 0 Å². The van der Waals surface area contributed by atoms with E-state index < -0.39 is 9.84 Å². The van der Waals surface area contributed by atoms with E-state index in [-0.39, 0.29) is 5.88 Å². The van der Waals surface area contributed by atoms with Crippen molar-refractivity contribution in [1.29, 1.82) is 0 Å². The van der Waals surface area contributed by atoms with Gasteiger partial charge in [0.05, 0.1) is 4.90 Å². The molecule has 0 unspecified atom stereocenters. The molecule has 3 nitrogen and oxygen atoms in total. The van der Waals surface area contributed by atoms with Crippen LogP contribution in [0.3, 0.4) is 0 Å². The zero-order valence-electron chi connectivity index (χ0n) is 11.5. The molecule has 0 bridgehead atoms. The first kappa shape index (κ1) is 14.4. The standard InChI is InChI=1S/C16H14BrNO2S/c1-12-2-5-15(6-3-12)21(19,20)11-18-9-8-13-10-14(17)4-7-16(13)18/h2-10H,11H2,1H3. The predicted molar refractivity (Wildman–Crippen MR) is 88.0 cm³/mol. The van der Waals surface area contributed by atoms with E-state index in [1.165, 1.54) is 0 Å². The minimum absolute atomic E-state index is 0.0544. The number of fused-ring (bicyclic) bond motifs is 1. The van der Waals surface area contributed by atoms with Crippen LogP contribution < -0.4 is 0 Å². The van der Waals surface area contributed by atoms with Crippen LogP contribution in [0.4, 0.5) is 0 Å². The molecule has 0 radical (unpaired) electrons. The molecule has 0 aliphatic carbocycles. The summed E-state index contributed by atoms with van der Waals surface area (Å²) in [6.07, 6.45) is 1.81. The van der Waals surface area contributed by atoms with Gasteiger partial charge in [-0.1, -0.05) is 33.6 Å². The SMILES string of the molecule is Cc1ccc(S(=O)(=O)Cn2ccc3cc(Br)ccc32)cc1. The van der Waals surface area contributed by atoms with Crippen LogP contribution in [0.2, 0.25) is 0 Å². The fourth-order valence-corrected chi connectivity index (χ4v) is 3.96. The van der Waals surface area contributed by atoms with E-state index in [0.29, 0.717) is 4.90 Å². The maximum Gasteiger partial charge on any atom is 0.196 e. The second kappa shape index (κ2) is 5.31. The smallest absolute Gasteiger partial charge is 0.196 e. The maximum atomic E-state index is 12.5. The Bertz CT molecular complexity index is 896. The molecule has 0 amide bonds. The van der Waals surface area contributed by atoms with Crippen LogP contribution >= 0.6 is 15.9 Å². The predicted octanol–water partition coefficient (Wildman–Crippen LogP) is 4.14. The molecule has 0 spiro atoms. The van der Waals surface area contributed by atoms with E-state index in [1.54, 1.807) is 16.7 Å². The summed E-state index contributed by atoms with van der Waals surface area (Å²) in [6, 6.07) is 14.7.